The number of hydrogen-bond acceptors (Lipinski definition) is 2. The molecule has 3 nitrogen and oxygen atoms in total. The molecule has 0 saturated heterocycles. The van der Waals surface area contributed by atoms with Crippen molar-refractivity contribution in [2.24, 2.45) is 0 Å². The monoisotopic (exact) mass is 256 g/mol. The van der Waals surface area contributed by atoms with Crippen molar-refractivity contribution in [2.45, 2.75) is 39.5 Å². The molecule has 0 bridgehead atoms. The van der Waals surface area contributed by atoms with Crippen molar-refractivity contribution in [3.05, 3.63) is 52.1 Å². The van der Waals surface area contributed by atoms with E-state index in [0.29, 0.717) is 6.42 Å². The standard InChI is InChI=1S/C16H20N2O/c1-5-13-14(17-10-18-15(13)19)11-6-8-12(9-7-11)16(2,3)4/h6-10H,5H2,1-4H3,(H,17,18,19). The highest BCUT2D eigenvalue weighted by Gasteiger charge is 2.14. The van der Waals surface area contributed by atoms with Gasteiger partial charge in [0.1, 0.15) is 0 Å². The summed E-state index contributed by atoms with van der Waals surface area (Å²) in [7, 11) is 0. The Hall–Kier alpha value is -1.90. The molecular weight excluding hydrogens is 236 g/mol. The molecule has 2 rings (SSSR count). The van der Waals surface area contributed by atoms with Gasteiger partial charge in [-0.05, 0) is 17.4 Å². The van der Waals surface area contributed by atoms with Gasteiger partial charge in [-0.1, -0.05) is 52.0 Å². The van der Waals surface area contributed by atoms with Crippen molar-refractivity contribution >= 4 is 0 Å². The summed E-state index contributed by atoms with van der Waals surface area (Å²) < 4.78 is 0. The van der Waals surface area contributed by atoms with Crippen LogP contribution in [-0.2, 0) is 11.8 Å². The minimum Gasteiger partial charge on any atom is -0.313 e. The molecule has 0 atom stereocenters. The Morgan fingerprint density at radius 2 is 1.79 bits per heavy atom. The summed E-state index contributed by atoms with van der Waals surface area (Å²) in [5, 5.41) is 0. The van der Waals surface area contributed by atoms with Gasteiger partial charge in [-0.25, -0.2) is 4.98 Å². The smallest absolute Gasteiger partial charge is 0.254 e. The van der Waals surface area contributed by atoms with E-state index < -0.39 is 0 Å². The average Bonchev–Trinajstić information content (AvgIpc) is 2.37. The van der Waals surface area contributed by atoms with E-state index in [4.69, 9.17) is 0 Å². The van der Waals surface area contributed by atoms with E-state index >= 15 is 0 Å². The zero-order chi connectivity index (χ0) is 14.0. The van der Waals surface area contributed by atoms with Gasteiger partial charge in [0.15, 0.2) is 0 Å². The van der Waals surface area contributed by atoms with Crippen LogP contribution in [0.3, 0.4) is 0 Å². The largest absolute Gasteiger partial charge is 0.313 e. The topological polar surface area (TPSA) is 45.8 Å². The first-order valence-corrected chi connectivity index (χ1v) is 6.61. The van der Waals surface area contributed by atoms with Crippen LogP contribution in [0.15, 0.2) is 35.4 Å². The Morgan fingerprint density at radius 1 is 1.16 bits per heavy atom. The molecule has 100 valence electrons. The van der Waals surface area contributed by atoms with Gasteiger partial charge in [0.2, 0.25) is 0 Å². The second kappa shape index (κ2) is 5.00. The molecule has 0 aliphatic rings. The van der Waals surface area contributed by atoms with E-state index in [1.165, 1.54) is 11.9 Å². The molecular formula is C16H20N2O. The predicted octanol–water partition coefficient (Wildman–Crippen LogP) is 3.30. The SMILES string of the molecule is CCc1c(-c2ccc(C(C)(C)C)cc2)nc[nH]c1=O. The van der Waals surface area contributed by atoms with Crippen molar-refractivity contribution in [3.8, 4) is 11.3 Å². The van der Waals surface area contributed by atoms with Crippen LogP contribution in [0.2, 0.25) is 0 Å². The molecule has 1 aromatic carbocycles. The zero-order valence-electron chi connectivity index (χ0n) is 11.9. The molecule has 0 unspecified atom stereocenters. The lowest BCUT2D eigenvalue weighted by atomic mass is 9.86. The van der Waals surface area contributed by atoms with Gasteiger partial charge in [-0.2, -0.15) is 0 Å². The van der Waals surface area contributed by atoms with E-state index in [9.17, 15) is 4.79 Å². The lowest BCUT2D eigenvalue weighted by molar-refractivity contribution is 0.590. The van der Waals surface area contributed by atoms with Gasteiger partial charge in [0.05, 0.1) is 12.0 Å². The number of aromatic nitrogens is 2. The third kappa shape index (κ3) is 2.75. The number of benzene rings is 1. The second-order valence-electron chi connectivity index (χ2n) is 5.74. The van der Waals surface area contributed by atoms with Crippen molar-refractivity contribution in [2.75, 3.05) is 0 Å². The van der Waals surface area contributed by atoms with Gasteiger partial charge >= 0.3 is 0 Å². The Kier molecular flexibility index (Phi) is 3.56. The molecule has 2 aromatic rings. The number of H-pyrrole nitrogens is 1. The first-order chi connectivity index (χ1) is 8.93. The zero-order valence-corrected chi connectivity index (χ0v) is 11.9. The highest BCUT2D eigenvalue weighted by Crippen LogP contribution is 2.26. The van der Waals surface area contributed by atoms with Crippen molar-refractivity contribution < 1.29 is 0 Å². The fraction of sp³-hybridized carbons (Fsp3) is 0.375. The van der Waals surface area contributed by atoms with Crippen molar-refractivity contribution in [1.29, 1.82) is 0 Å². The first kappa shape index (κ1) is 13.5. The average molecular weight is 256 g/mol. The van der Waals surface area contributed by atoms with Gasteiger partial charge in [-0.15, -0.1) is 0 Å². The summed E-state index contributed by atoms with van der Waals surface area (Å²) >= 11 is 0. The molecule has 0 aliphatic heterocycles. The van der Waals surface area contributed by atoms with Crippen molar-refractivity contribution in [3.63, 3.8) is 0 Å². The highest BCUT2D eigenvalue weighted by atomic mass is 16.1. The fourth-order valence-corrected chi connectivity index (χ4v) is 2.13. The van der Waals surface area contributed by atoms with Crippen LogP contribution in [0.5, 0.6) is 0 Å². The maximum Gasteiger partial charge on any atom is 0.254 e. The maximum absolute atomic E-state index is 11.8. The fourth-order valence-electron chi connectivity index (χ4n) is 2.13. The summed E-state index contributed by atoms with van der Waals surface area (Å²) in [4.78, 5) is 18.7. The van der Waals surface area contributed by atoms with E-state index in [1.54, 1.807) is 0 Å². The molecule has 3 heteroatoms. The number of aromatic amines is 1. The summed E-state index contributed by atoms with van der Waals surface area (Å²) in [5.74, 6) is 0. The molecule has 0 radical (unpaired) electrons. The van der Waals surface area contributed by atoms with Crippen LogP contribution in [0.25, 0.3) is 11.3 Å². The van der Waals surface area contributed by atoms with Crippen LogP contribution < -0.4 is 5.56 Å². The quantitative estimate of drug-likeness (QED) is 0.896. The Morgan fingerprint density at radius 3 is 2.32 bits per heavy atom. The van der Waals surface area contributed by atoms with Crippen LogP contribution in [0.4, 0.5) is 0 Å². The maximum atomic E-state index is 11.8. The van der Waals surface area contributed by atoms with E-state index in [-0.39, 0.29) is 11.0 Å². The van der Waals surface area contributed by atoms with Gasteiger partial charge in [-0.3, -0.25) is 4.79 Å². The van der Waals surface area contributed by atoms with Crippen LogP contribution in [-0.4, -0.2) is 9.97 Å². The number of nitrogens with zero attached hydrogens (tertiary/aromatic N) is 1. The van der Waals surface area contributed by atoms with E-state index in [0.717, 1.165) is 16.8 Å². The van der Waals surface area contributed by atoms with Crippen LogP contribution in [0, 0.1) is 0 Å². The van der Waals surface area contributed by atoms with E-state index in [1.807, 2.05) is 19.1 Å². The summed E-state index contributed by atoms with van der Waals surface area (Å²) in [6, 6.07) is 8.30. The van der Waals surface area contributed by atoms with Crippen molar-refractivity contribution in [1.82, 2.24) is 9.97 Å². The molecule has 0 amide bonds. The first-order valence-electron chi connectivity index (χ1n) is 6.61. The lowest BCUT2D eigenvalue weighted by Crippen LogP contribution is -2.14. The highest BCUT2D eigenvalue weighted by molar-refractivity contribution is 5.62. The molecule has 1 aromatic heterocycles. The molecule has 0 spiro atoms. The van der Waals surface area contributed by atoms with Crippen LogP contribution >= 0.6 is 0 Å². The second-order valence-corrected chi connectivity index (χ2v) is 5.74. The summed E-state index contributed by atoms with van der Waals surface area (Å²) in [6.45, 7) is 8.53. The minimum absolute atomic E-state index is 0.0487. The molecule has 19 heavy (non-hydrogen) atoms. The molecule has 0 fully saturated rings. The third-order valence-electron chi connectivity index (χ3n) is 3.33. The van der Waals surface area contributed by atoms with Gasteiger partial charge < -0.3 is 4.98 Å². The Bertz CT molecular complexity index is 618. The normalized spacial score (nSPS) is 11.6. The molecule has 1 heterocycles. The van der Waals surface area contributed by atoms with Gasteiger partial charge in [0.25, 0.3) is 5.56 Å². The number of nitrogens with one attached hydrogen (secondary N) is 1. The molecule has 0 saturated carbocycles. The molecule has 1 N–H and O–H groups in total. The lowest BCUT2D eigenvalue weighted by Gasteiger charge is -2.19. The Balaban J connectivity index is 2.49. The minimum atomic E-state index is -0.0487. The molecule has 0 aliphatic carbocycles. The summed E-state index contributed by atoms with van der Waals surface area (Å²) in [6.07, 6.45) is 2.15. The third-order valence-corrected chi connectivity index (χ3v) is 3.33. The van der Waals surface area contributed by atoms with Gasteiger partial charge in [0, 0.05) is 11.1 Å². The Labute approximate surface area is 113 Å². The predicted molar refractivity (Wildman–Crippen MR) is 78.4 cm³/mol. The van der Waals surface area contributed by atoms with Crippen LogP contribution in [0.1, 0.15) is 38.8 Å². The summed E-state index contributed by atoms with van der Waals surface area (Å²) in [5.41, 5.74) is 3.88. The van der Waals surface area contributed by atoms with E-state index in [2.05, 4.69) is 42.9 Å². The number of hydrogen-bond donors (Lipinski definition) is 1. The number of rotatable bonds is 2.